The van der Waals surface area contributed by atoms with E-state index in [4.69, 9.17) is 4.74 Å². The Morgan fingerprint density at radius 2 is 1.87 bits per heavy atom. The summed E-state index contributed by atoms with van der Waals surface area (Å²) in [5.74, 6) is -0.323. The standard InChI is InChI=1S/C22H23F3N2O3/c23-22(24,25)15-30-18-10-6-7-16(13-18)14-26-21(29)20(17-8-2-1-3-9-17)27-12-5-4-11-19(27)28/h1-3,6-10,13,20H,4-5,11-12,14-15H2,(H,26,29). The zero-order valence-electron chi connectivity index (χ0n) is 16.3. The van der Waals surface area contributed by atoms with E-state index in [0.717, 1.165) is 12.8 Å². The van der Waals surface area contributed by atoms with Gasteiger partial charge in [-0.1, -0.05) is 42.5 Å². The third-order valence-electron chi connectivity index (χ3n) is 4.80. The van der Waals surface area contributed by atoms with Gasteiger partial charge in [0.2, 0.25) is 11.8 Å². The number of nitrogens with one attached hydrogen (secondary N) is 1. The minimum Gasteiger partial charge on any atom is -0.484 e. The van der Waals surface area contributed by atoms with Gasteiger partial charge in [0.1, 0.15) is 11.8 Å². The molecule has 1 unspecified atom stereocenters. The molecule has 30 heavy (non-hydrogen) atoms. The lowest BCUT2D eigenvalue weighted by Crippen LogP contribution is -2.45. The summed E-state index contributed by atoms with van der Waals surface area (Å²) in [7, 11) is 0. The lowest BCUT2D eigenvalue weighted by molar-refractivity contribution is -0.153. The normalized spacial score (nSPS) is 15.6. The summed E-state index contributed by atoms with van der Waals surface area (Å²) in [6, 6.07) is 14.4. The van der Waals surface area contributed by atoms with Crippen LogP contribution in [0.2, 0.25) is 0 Å². The molecule has 2 aromatic rings. The van der Waals surface area contributed by atoms with Crippen molar-refractivity contribution in [3.8, 4) is 5.75 Å². The molecule has 0 spiro atoms. The van der Waals surface area contributed by atoms with Crippen molar-refractivity contribution in [3.05, 3.63) is 65.7 Å². The minimum absolute atomic E-state index is 0.0622. The molecule has 1 N–H and O–H groups in total. The number of carbonyl (C=O) groups excluding carboxylic acids is 2. The second-order valence-corrected chi connectivity index (χ2v) is 7.13. The van der Waals surface area contributed by atoms with E-state index in [1.54, 1.807) is 29.2 Å². The SMILES string of the molecule is O=C(NCc1cccc(OCC(F)(F)F)c1)C(c1ccccc1)N1CCCCC1=O. The van der Waals surface area contributed by atoms with Crippen LogP contribution in [0.15, 0.2) is 54.6 Å². The number of alkyl halides is 3. The molecular weight excluding hydrogens is 397 g/mol. The molecule has 0 aliphatic carbocycles. The maximum atomic E-state index is 13.0. The number of nitrogens with zero attached hydrogens (tertiary/aromatic N) is 1. The number of piperidine rings is 1. The molecule has 1 aliphatic heterocycles. The highest BCUT2D eigenvalue weighted by molar-refractivity contribution is 5.89. The van der Waals surface area contributed by atoms with Crippen LogP contribution < -0.4 is 10.1 Å². The van der Waals surface area contributed by atoms with Crippen molar-refractivity contribution in [3.63, 3.8) is 0 Å². The van der Waals surface area contributed by atoms with Crippen molar-refractivity contribution in [2.24, 2.45) is 0 Å². The monoisotopic (exact) mass is 420 g/mol. The van der Waals surface area contributed by atoms with Crippen LogP contribution in [0, 0.1) is 0 Å². The molecule has 8 heteroatoms. The van der Waals surface area contributed by atoms with Crippen molar-refractivity contribution in [2.75, 3.05) is 13.2 Å². The van der Waals surface area contributed by atoms with Gasteiger partial charge in [0, 0.05) is 19.5 Å². The first-order valence-electron chi connectivity index (χ1n) is 9.74. The maximum Gasteiger partial charge on any atom is 0.422 e. The van der Waals surface area contributed by atoms with Gasteiger partial charge >= 0.3 is 6.18 Å². The molecule has 1 atom stereocenters. The van der Waals surface area contributed by atoms with Crippen LogP contribution in [0.3, 0.4) is 0 Å². The Morgan fingerprint density at radius 3 is 2.57 bits per heavy atom. The zero-order chi connectivity index (χ0) is 21.6. The van der Waals surface area contributed by atoms with E-state index >= 15 is 0 Å². The van der Waals surface area contributed by atoms with Crippen LogP contribution in [-0.4, -0.2) is 36.0 Å². The van der Waals surface area contributed by atoms with Crippen molar-refractivity contribution in [1.29, 1.82) is 0 Å². The number of ether oxygens (including phenoxy) is 1. The first-order valence-corrected chi connectivity index (χ1v) is 9.74. The smallest absolute Gasteiger partial charge is 0.422 e. The van der Waals surface area contributed by atoms with Crippen LogP contribution in [0.4, 0.5) is 13.2 Å². The summed E-state index contributed by atoms with van der Waals surface area (Å²) in [6.07, 6.45) is -2.37. The molecule has 0 aromatic heterocycles. The van der Waals surface area contributed by atoms with Crippen molar-refractivity contribution < 1.29 is 27.5 Å². The number of hydrogen-bond donors (Lipinski definition) is 1. The van der Waals surface area contributed by atoms with Crippen molar-refractivity contribution >= 4 is 11.8 Å². The van der Waals surface area contributed by atoms with Gasteiger partial charge in [-0.05, 0) is 36.1 Å². The molecule has 1 aliphatic rings. The molecule has 1 heterocycles. The Balaban J connectivity index is 1.70. The van der Waals surface area contributed by atoms with Crippen LogP contribution in [0.25, 0.3) is 0 Å². The van der Waals surface area contributed by atoms with Crippen molar-refractivity contribution in [2.45, 2.75) is 38.0 Å². The molecule has 0 saturated carbocycles. The van der Waals surface area contributed by atoms with Gasteiger partial charge in [-0.3, -0.25) is 9.59 Å². The van der Waals surface area contributed by atoms with Crippen molar-refractivity contribution in [1.82, 2.24) is 10.2 Å². The fraction of sp³-hybridized carbons (Fsp3) is 0.364. The van der Waals surface area contributed by atoms with E-state index in [0.29, 0.717) is 24.1 Å². The van der Waals surface area contributed by atoms with Gasteiger partial charge in [0.25, 0.3) is 0 Å². The van der Waals surface area contributed by atoms with E-state index < -0.39 is 18.8 Å². The van der Waals surface area contributed by atoms with Crippen LogP contribution in [-0.2, 0) is 16.1 Å². The molecular formula is C22H23F3N2O3. The second kappa shape index (κ2) is 9.65. The molecule has 3 rings (SSSR count). The number of hydrogen-bond acceptors (Lipinski definition) is 3. The molecule has 160 valence electrons. The van der Waals surface area contributed by atoms with E-state index in [9.17, 15) is 22.8 Å². The lowest BCUT2D eigenvalue weighted by Gasteiger charge is -2.34. The average Bonchev–Trinajstić information content (AvgIpc) is 2.73. The molecule has 1 saturated heterocycles. The van der Waals surface area contributed by atoms with Gasteiger partial charge in [0.05, 0.1) is 0 Å². The minimum atomic E-state index is -4.42. The van der Waals surface area contributed by atoms with Gasteiger partial charge in [-0.15, -0.1) is 0 Å². The highest BCUT2D eigenvalue weighted by Gasteiger charge is 2.32. The summed E-state index contributed by atoms with van der Waals surface area (Å²) in [5.41, 5.74) is 1.31. The molecule has 0 bridgehead atoms. The predicted molar refractivity (Wildman–Crippen MR) is 105 cm³/mol. The second-order valence-electron chi connectivity index (χ2n) is 7.13. The molecule has 2 amide bonds. The summed E-state index contributed by atoms with van der Waals surface area (Å²) >= 11 is 0. The van der Waals surface area contributed by atoms with Crippen LogP contribution in [0.5, 0.6) is 5.75 Å². The summed E-state index contributed by atoms with van der Waals surface area (Å²) in [6.45, 7) is -0.768. The first-order chi connectivity index (χ1) is 14.3. The summed E-state index contributed by atoms with van der Waals surface area (Å²) in [4.78, 5) is 27.0. The van der Waals surface area contributed by atoms with Gasteiger partial charge in [0.15, 0.2) is 6.61 Å². The van der Waals surface area contributed by atoms with Crippen LogP contribution >= 0.6 is 0 Å². The Labute approximate surface area is 172 Å². The number of halogens is 3. The topological polar surface area (TPSA) is 58.6 Å². The zero-order valence-corrected chi connectivity index (χ0v) is 16.3. The van der Waals surface area contributed by atoms with Gasteiger partial charge in [-0.2, -0.15) is 13.2 Å². The van der Waals surface area contributed by atoms with Gasteiger partial charge in [-0.25, -0.2) is 0 Å². The Bertz CT molecular complexity index is 871. The van der Waals surface area contributed by atoms with E-state index in [2.05, 4.69) is 5.32 Å². The van der Waals surface area contributed by atoms with Gasteiger partial charge < -0.3 is 15.0 Å². The Morgan fingerprint density at radius 1 is 1.10 bits per heavy atom. The molecule has 2 aromatic carbocycles. The first kappa shape index (κ1) is 21.7. The largest absolute Gasteiger partial charge is 0.484 e. The number of amides is 2. The fourth-order valence-electron chi connectivity index (χ4n) is 3.40. The third-order valence-corrected chi connectivity index (χ3v) is 4.80. The van der Waals surface area contributed by atoms with E-state index in [-0.39, 0.29) is 24.1 Å². The van der Waals surface area contributed by atoms with E-state index in [1.165, 1.54) is 12.1 Å². The molecule has 1 fully saturated rings. The van der Waals surface area contributed by atoms with Crippen LogP contribution in [0.1, 0.15) is 36.4 Å². The Kier molecular flexibility index (Phi) is 6.97. The quantitative estimate of drug-likeness (QED) is 0.737. The summed E-state index contributed by atoms with van der Waals surface area (Å²) < 4.78 is 41.8. The average molecular weight is 420 g/mol. The van der Waals surface area contributed by atoms with E-state index in [1.807, 2.05) is 18.2 Å². The lowest BCUT2D eigenvalue weighted by atomic mass is 10.0. The Hall–Kier alpha value is -3.03. The third kappa shape index (κ3) is 5.98. The predicted octanol–water partition coefficient (Wildman–Crippen LogP) is 4.00. The maximum absolute atomic E-state index is 13.0. The molecule has 0 radical (unpaired) electrons. The fourth-order valence-corrected chi connectivity index (χ4v) is 3.40. The number of likely N-dealkylation sites (tertiary alicyclic amines) is 1. The molecule has 5 nitrogen and oxygen atoms in total. The number of benzene rings is 2. The number of carbonyl (C=O) groups is 2. The summed E-state index contributed by atoms with van der Waals surface area (Å²) in [5, 5.41) is 2.80. The number of rotatable bonds is 7. The highest BCUT2D eigenvalue weighted by Crippen LogP contribution is 2.26. The highest BCUT2D eigenvalue weighted by atomic mass is 19.4.